The summed E-state index contributed by atoms with van der Waals surface area (Å²) in [6.45, 7) is 7.17. The molecule has 0 bridgehead atoms. The standard InChI is InChI=1S/C25H24N8O4/c1-13-8-17(10-26-15(13)3)19-6-5-7-20(28-19)29-23(34)16(4)33-12-27-22-21(33)24(35)32(25(36)30-22)11-18-9-14(2)37-31-18/h5-10,12,16H,11H2,1-4H3,(H,30,36)(H,28,29,34)/t16-/m0/s1. The molecule has 0 radical (unpaired) electrons. The van der Waals surface area contributed by atoms with Crippen molar-refractivity contribution in [2.45, 2.75) is 40.3 Å². The first kappa shape index (κ1) is 23.9. The third kappa shape index (κ3) is 4.56. The molecule has 0 saturated heterocycles. The van der Waals surface area contributed by atoms with Crippen LogP contribution in [0.3, 0.4) is 0 Å². The van der Waals surface area contributed by atoms with Crippen molar-refractivity contribution in [3.05, 3.63) is 86.4 Å². The van der Waals surface area contributed by atoms with Crippen molar-refractivity contribution in [3.63, 3.8) is 0 Å². The number of nitrogens with zero attached hydrogens (tertiary/aromatic N) is 6. The van der Waals surface area contributed by atoms with Crippen molar-refractivity contribution in [2.24, 2.45) is 0 Å². The molecule has 1 amide bonds. The summed E-state index contributed by atoms with van der Waals surface area (Å²) < 4.78 is 7.44. The van der Waals surface area contributed by atoms with E-state index in [0.717, 1.165) is 21.4 Å². The number of H-pyrrole nitrogens is 1. The average molecular weight is 501 g/mol. The number of carbonyl (C=O) groups excluding carboxylic acids is 1. The number of rotatable bonds is 6. The number of aromatic amines is 1. The van der Waals surface area contributed by atoms with E-state index >= 15 is 0 Å². The van der Waals surface area contributed by atoms with E-state index in [4.69, 9.17) is 4.52 Å². The van der Waals surface area contributed by atoms with Crippen LogP contribution in [0.1, 0.15) is 35.7 Å². The largest absolute Gasteiger partial charge is 0.361 e. The van der Waals surface area contributed by atoms with Gasteiger partial charge in [-0.3, -0.25) is 24.1 Å². The number of pyridine rings is 2. The molecule has 5 rings (SSSR count). The Morgan fingerprint density at radius 3 is 2.70 bits per heavy atom. The molecular formula is C25H24N8O4. The van der Waals surface area contributed by atoms with E-state index in [1.807, 2.05) is 26.0 Å². The molecule has 5 heterocycles. The molecule has 1 atom stereocenters. The molecule has 5 aromatic rings. The highest BCUT2D eigenvalue weighted by atomic mass is 16.5. The maximum atomic E-state index is 13.3. The number of aryl methyl sites for hydroxylation is 3. The number of fused-ring (bicyclic) bond motifs is 1. The zero-order valence-electron chi connectivity index (χ0n) is 20.6. The van der Waals surface area contributed by atoms with Gasteiger partial charge in [-0.15, -0.1) is 0 Å². The van der Waals surface area contributed by atoms with Crippen LogP contribution in [0.4, 0.5) is 5.82 Å². The SMILES string of the molecule is Cc1cc(Cn2c(=O)[nH]c3ncn([C@@H](C)C(=O)Nc4cccc(-c5cnc(C)c(C)c5)n4)c3c2=O)no1. The van der Waals surface area contributed by atoms with Crippen LogP contribution in [-0.4, -0.2) is 40.1 Å². The van der Waals surface area contributed by atoms with Gasteiger partial charge in [0, 0.05) is 23.5 Å². The molecule has 2 N–H and O–H groups in total. The molecule has 12 heteroatoms. The number of amides is 1. The lowest BCUT2D eigenvalue weighted by atomic mass is 10.1. The Hall–Kier alpha value is -4.87. The van der Waals surface area contributed by atoms with Crippen molar-refractivity contribution in [2.75, 3.05) is 5.32 Å². The molecule has 0 fully saturated rings. The van der Waals surface area contributed by atoms with Gasteiger partial charge >= 0.3 is 5.69 Å². The molecular weight excluding hydrogens is 476 g/mol. The molecule has 0 saturated carbocycles. The van der Waals surface area contributed by atoms with Crippen LogP contribution >= 0.6 is 0 Å². The summed E-state index contributed by atoms with van der Waals surface area (Å²) in [5.74, 6) is 0.498. The molecule has 37 heavy (non-hydrogen) atoms. The van der Waals surface area contributed by atoms with Crippen LogP contribution in [0.15, 0.2) is 57.0 Å². The van der Waals surface area contributed by atoms with E-state index in [1.54, 1.807) is 38.2 Å². The number of aromatic nitrogens is 7. The van der Waals surface area contributed by atoms with Crippen molar-refractivity contribution in [3.8, 4) is 11.3 Å². The van der Waals surface area contributed by atoms with E-state index < -0.39 is 23.2 Å². The van der Waals surface area contributed by atoms with E-state index in [2.05, 4.69) is 30.4 Å². The van der Waals surface area contributed by atoms with Gasteiger partial charge in [0.2, 0.25) is 5.91 Å². The Labute approximate surface area is 210 Å². The second kappa shape index (κ2) is 9.30. The molecule has 5 aromatic heterocycles. The number of hydrogen-bond donors (Lipinski definition) is 2. The van der Waals surface area contributed by atoms with Gasteiger partial charge in [0.25, 0.3) is 5.56 Å². The maximum absolute atomic E-state index is 13.3. The van der Waals surface area contributed by atoms with Gasteiger partial charge in [0.1, 0.15) is 23.3 Å². The second-order valence-electron chi connectivity index (χ2n) is 8.80. The summed E-state index contributed by atoms with van der Waals surface area (Å²) in [4.78, 5) is 54.6. The number of anilines is 1. The molecule has 0 unspecified atom stereocenters. The highest BCUT2D eigenvalue weighted by Crippen LogP contribution is 2.21. The first-order chi connectivity index (χ1) is 17.7. The predicted molar refractivity (Wildman–Crippen MR) is 135 cm³/mol. The number of imidazole rings is 1. The minimum Gasteiger partial charge on any atom is -0.361 e. The smallest absolute Gasteiger partial charge is 0.330 e. The van der Waals surface area contributed by atoms with Crippen LogP contribution < -0.4 is 16.6 Å². The van der Waals surface area contributed by atoms with Crippen LogP contribution in [0.2, 0.25) is 0 Å². The zero-order chi connectivity index (χ0) is 26.3. The van der Waals surface area contributed by atoms with Crippen molar-refractivity contribution in [1.82, 2.24) is 34.2 Å². The summed E-state index contributed by atoms with van der Waals surface area (Å²) in [7, 11) is 0. The van der Waals surface area contributed by atoms with Crippen LogP contribution in [0.25, 0.3) is 22.4 Å². The lowest BCUT2D eigenvalue weighted by Crippen LogP contribution is -2.37. The predicted octanol–water partition coefficient (Wildman–Crippen LogP) is 2.50. The van der Waals surface area contributed by atoms with Gasteiger partial charge in [-0.25, -0.2) is 14.8 Å². The first-order valence-corrected chi connectivity index (χ1v) is 11.5. The molecule has 0 aliphatic rings. The topological polar surface area (TPSA) is 154 Å². The van der Waals surface area contributed by atoms with Gasteiger partial charge in [0.15, 0.2) is 11.2 Å². The molecule has 12 nitrogen and oxygen atoms in total. The van der Waals surface area contributed by atoms with Crippen molar-refractivity contribution < 1.29 is 9.32 Å². The Bertz CT molecular complexity index is 1760. The summed E-state index contributed by atoms with van der Waals surface area (Å²) in [5, 5.41) is 6.64. The second-order valence-corrected chi connectivity index (χ2v) is 8.80. The molecule has 0 spiro atoms. The Balaban J connectivity index is 1.43. The Morgan fingerprint density at radius 2 is 1.97 bits per heavy atom. The normalized spacial score (nSPS) is 12.1. The van der Waals surface area contributed by atoms with Gasteiger partial charge in [-0.2, -0.15) is 0 Å². The maximum Gasteiger partial charge on any atom is 0.330 e. The van der Waals surface area contributed by atoms with E-state index in [0.29, 0.717) is 23.0 Å². The third-order valence-corrected chi connectivity index (χ3v) is 6.14. The van der Waals surface area contributed by atoms with Gasteiger partial charge in [0.05, 0.1) is 18.6 Å². The number of carbonyl (C=O) groups is 1. The fourth-order valence-corrected chi connectivity index (χ4v) is 3.95. The van der Waals surface area contributed by atoms with E-state index in [9.17, 15) is 14.4 Å². The summed E-state index contributed by atoms with van der Waals surface area (Å²) >= 11 is 0. The fourth-order valence-electron chi connectivity index (χ4n) is 3.95. The lowest BCUT2D eigenvalue weighted by Gasteiger charge is -2.15. The van der Waals surface area contributed by atoms with Crippen LogP contribution in [0, 0.1) is 20.8 Å². The van der Waals surface area contributed by atoms with Crippen molar-refractivity contribution >= 4 is 22.9 Å². The highest BCUT2D eigenvalue weighted by molar-refractivity contribution is 5.93. The first-order valence-electron chi connectivity index (χ1n) is 11.5. The summed E-state index contributed by atoms with van der Waals surface area (Å²) in [6, 6.07) is 8.10. The number of hydrogen-bond acceptors (Lipinski definition) is 8. The summed E-state index contributed by atoms with van der Waals surface area (Å²) in [6.07, 6.45) is 3.09. The molecule has 0 aliphatic heterocycles. The van der Waals surface area contributed by atoms with Crippen LogP contribution in [-0.2, 0) is 11.3 Å². The fraction of sp³-hybridized carbons (Fsp3) is 0.240. The Kier molecular flexibility index (Phi) is 5.99. The van der Waals surface area contributed by atoms with Crippen LogP contribution in [0.5, 0.6) is 0 Å². The van der Waals surface area contributed by atoms with Gasteiger partial charge < -0.3 is 14.4 Å². The average Bonchev–Trinajstić information content (AvgIpc) is 3.49. The Morgan fingerprint density at radius 1 is 1.16 bits per heavy atom. The number of nitrogens with one attached hydrogen (secondary N) is 2. The van der Waals surface area contributed by atoms with Gasteiger partial charge in [-0.1, -0.05) is 11.2 Å². The van der Waals surface area contributed by atoms with E-state index in [1.165, 1.54) is 10.9 Å². The minimum absolute atomic E-state index is 0.0861. The minimum atomic E-state index is -0.833. The molecule has 0 aliphatic carbocycles. The highest BCUT2D eigenvalue weighted by Gasteiger charge is 2.22. The van der Waals surface area contributed by atoms with E-state index in [-0.39, 0.29) is 17.7 Å². The quantitative estimate of drug-likeness (QED) is 0.361. The third-order valence-electron chi connectivity index (χ3n) is 6.14. The lowest BCUT2D eigenvalue weighted by molar-refractivity contribution is -0.118. The molecule has 0 aromatic carbocycles. The van der Waals surface area contributed by atoms with Gasteiger partial charge in [-0.05, 0) is 51.5 Å². The van der Waals surface area contributed by atoms with Crippen molar-refractivity contribution in [1.29, 1.82) is 0 Å². The monoisotopic (exact) mass is 500 g/mol. The summed E-state index contributed by atoms with van der Waals surface area (Å²) in [5.41, 5.74) is 2.84. The zero-order valence-corrected chi connectivity index (χ0v) is 20.6. The molecule has 188 valence electrons.